The third-order valence-corrected chi connectivity index (χ3v) is 4.42. The zero-order valence-corrected chi connectivity index (χ0v) is 15.1. The molecule has 3 rings (SSSR count). The standard InChI is InChI=1S/C18H16ClN3O2S/c1-12-3-2-4-15(9-12)20-16(23)11-25-18-22-21-17(24-18)10-13-5-7-14(19)8-6-13/h2-9H,10-11H2,1H3,(H,20,23). The quantitative estimate of drug-likeness (QED) is 0.650. The monoisotopic (exact) mass is 373 g/mol. The second-order valence-electron chi connectivity index (χ2n) is 5.47. The van der Waals surface area contributed by atoms with Crippen molar-refractivity contribution in [2.75, 3.05) is 11.1 Å². The number of thioether (sulfide) groups is 1. The van der Waals surface area contributed by atoms with E-state index in [2.05, 4.69) is 15.5 Å². The van der Waals surface area contributed by atoms with Crippen LogP contribution in [-0.2, 0) is 11.2 Å². The summed E-state index contributed by atoms with van der Waals surface area (Å²) in [6.07, 6.45) is 0.528. The Morgan fingerprint density at radius 1 is 1.20 bits per heavy atom. The molecule has 2 aromatic carbocycles. The van der Waals surface area contributed by atoms with Crippen LogP contribution in [0.2, 0.25) is 5.02 Å². The highest BCUT2D eigenvalue weighted by molar-refractivity contribution is 7.99. The number of hydrogen-bond acceptors (Lipinski definition) is 5. The van der Waals surface area contributed by atoms with Crippen molar-refractivity contribution in [3.63, 3.8) is 0 Å². The van der Waals surface area contributed by atoms with E-state index in [0.717, 1.165) is 16.8 Å². The van der Waals surface area contributed by atoms with Crippen molar-refractivity contribution in [2.45, 2.75) is 18.6 Å². The number of amides is 1. The summed E-state index contributed by atoms with van der Waals surface area (Å²) in [5.41, 5.74) is 2.90. The summed E-state index contributed by atoms with van der Waals surface area (Å²) in [6, 6.07) is 15.1. The first-order valence-corrected chi connectivity index (χ1v) is 9.01. The number of anilines is 1. The van der Waals surface area contributed by atoms with E-state index < -0.39 is 0 Å². The van der Waals surface area contributed by atoms with E-state index in [1.54, 1.807) is 0 Å². The van der Waals surface area contributed by atoms with Crippen molar-refractivity contribution in [1.29, 1.82) is 0 Å². The maximum atomic E-state index is 12.0. The topological polar surface area (TPSA) is 68.0 Å². The molecule has 5 nitrogen and oxygen atoms in total. The van der Waals surface area contributed by atoms with Gasteiger partial charge < -0.3 is 9.73 Å². The van der Waals surface area contributed by atoms with Crippen molar-refractivity contribution >= 4 is 35.0 Å². The number of aryl methyl sites for hydroxylation is 1. The fourth-order valence-electron chi connectivity index (χ4n) is 2.19. The molecule has 0 fully saturated rings. The Labute approximate surface area is 154 Å². The summed E-state index contributed by atoms with van der Waals surface area (Å²) in [6.45, 7) is 1.98. The van der Waals surface area contributed by atoms with E-state index in [4.69, 9.17) is 16.0 Å². The molecule has 25 heavy (non-hydrogen) atoms. The van der Waals surface area contributed by atoms with Crippen LogP contribution in [0.4, 0.5) is 5.69 Å². The number of nitrogens with zero attached hydrogens (tertiary/aromatic N) is 2. The molecule has 0 spiro atoms. The molecule has 0 aliphatic heterocycles. The van der Waals surface area contributed by atoms with Gasteiger partial charge >= 0.3 is 0 Å². The van der Waals surface area contributed by atoms with Crippen LogP contribution in [0.3, 0.4) is 0 Å². The summed E-state index contributed by atoms with van der Waals surface area (Å²) < 4.78 is 5.57. The number of benzene rings is 2. The Morgan fingerprint density at radius 3 is 2.76 bits per heavy atom. The average molecular weight is 374 g/mol. The highest BCUT2D eigenvalue weighted by Crippen LogP contribution is 2.19. The predicted octanol–water partition coefficient (Wildman–Crippen LogP) is 4.35. The number of aromatic nitrogens is 2. The number of hydrogen-bond donors (Lipinski definition) is 1. The first-order valence-electron chi connectivity index (χ1n) is 7.64. The normalized spacial score (nSPS) is 10.6. The summed E-state index contributed by atoms with van der Waals surface area (Å²) in [5.74, 6) is 0.591. The number of nitrogens with one attached hydrogen (secondary N) is 1. The molecule has 1 amide bonds. The molecule has 1 aromatic heterocycles. The zero-order valence-electron chi connectivity index (χ0n) is 13.5. The Morgan fingerprint density at radius 2 is 2.00 bits per heavy atom. The van der Waals surface area contributed by atoms with Gasteiger partial charge in [0.25, 0.3) is 5.22 Å². The Kier molecular flexibility index (Phi) is 5.73. The average Bonchev–Trinajstić information content (AvgIpc) is 3.03. The molecule has 0 radical (unpaired) electrons. The first kappa shape index (κ1) is 17.5. The molecule has 128 valence electrons. The van der Waals surface area contributed by atoms with E-state index >= 15 is 0 Å². The van der Waals surface area contributed by atoms with Gasteiger partial charge in [-0.25, -0.2) is 0 Å². The van der Waals surface area contributed by atoms with E-state index in [1.165, 1.54) is 11.8 Å². The van der Waals surface area contributed by atoms with Gasteiger partial charge in [0.2, 0.25) is 11.8 Å². The van der Waals surface area contributed by atoms with Gasteiger partial charge in [-0.15, -0.1) is 10.2 Å². The van der Waals surface area contributed by atoms with Crippen LogP contribution in [0, 0.1) is 6.92 Å². The van der Waals surface area contributed by atoms with Gasteiger partial charge in [-0.1, -0.05) is 47.6 Å². The highest BCUT2D eigenvalue weighted by atomic mass is 35.5. The first-order chi connectivity index (χ1) is 12.1. The van der Waals surface area contributed by atoms with Gasteiger partial charge in [-0.2, -0.15) is 0 Å². The molecular weight excluding hydrogens is 358 g/mol. The number of rotatable bonds is 6. The lowest BCUT2D eigenvalue weighted by molar-refractivity contribution is -0.113. The van der Waals surface area contributed by atoms with Crippen molar-refractivity contribution in [3.05, 3.63) is 70.6 Å². The summed E-state index contributed by atoms with van der Waals surface area (Å²) in [7, 11) is 0. The van der Waals surface area contributed by atoms with Crippen LogP contribution in [-0.4, -0.2) is 21.9 Å². The van der Waals surface area contributed by atoms with Gasteiger partial charge in [0.15, 0.2) is 0 Å². The Hall–Kier alpha value is -2.31. The lowest BCUT2D eigenvalue weighted by Gasteiger charge is -2.04. The summed E-state index contributed by atoms with van der Waals surface area (Å²) in [4.78, 5) is 12.0. The molecule has 0 bridgehead atoms. The van der Waals surface area contributed by atoms with Crippen LogP contribution in [0.5, 0.6) is 0 Å². The zero-order chi connectivity index (χ0) is 17.6. The maximum Gasteiger partial charge on any atom is 0.277 e. The van der Waals surface area contributed by atoms with Crippen LogP contribution in [0.1, 0.15) is 17.0 Å². The third-order valence-electron chi connectivity index (χ3n) is 3.35. The van der Waals surface area contributed by atoms with Crippen LogP contribution < -0.4 is 5.32 Å². The minimum absolute atomic E-state index is 0.118. The molecule has 0 saturated heterocycles. The second kappa shape index (κ2) is 8.18. The fraction of sp³-hybridized carbons (Fsp3) is 0.167. The number of carbonyl (C=O) groups excluding carboxylic acids is 1. The van der Waals surface area contributed by atoms with Crippen LogP contribution in [0.25, 0.3) is 0 Å². The highest BCUT2D eigenvalue weighted by Gasteiger charge is 2.10. The number of carbonyl (C=O) groups is 1. The Balaban J connectivity index is 1.51. The van der Waals surface area contributed by atoms with Gasteiger partial charge in [0.05, 0.1) is 12.2 Å². The Bertz CT molecular complexity index is 865. The molecular formula is C18H16ClN3O2S. The molecule has 0 aliphatic carbocycles. The summed E-state index contributed by atoms with van der Waals surface area (Å²) >= 11 is 7.08. The van der Waals surface area contributed by atoms with Gasteiger partial charge in [-0.3, -0.25) is 4.79 Å². The smallest absolute Gasteiger partial charge is 0.277 e. The van der Waals surface area contributed by atoms with Crippen LogP contribution >= 0.6 is 23.4 Å². The number of halogens is 1. The van der Waals surface area contributed by atoms with Crippen molar-refractivity contribution in [2.24, 2.45) is 0 Å². The van der Waals surface area contributed by atoms with E-state index in [-0.39, 0.29) is 11.7 Å². The van der Waals surface area contributed by atoms with E-state index in [9.17, 15) is 4.79 Å². The van der Waals surface area contributed by atoms with Crippen LogP contribution in [0.15, 0.2) is 58.2 Å². The molecule has 1 heterocycles. The molecule has 0 aliphatic rings. The maximum absolute atomic E-state index is 12.0. The van der Waals surface area contributed by atoms with Crippen molar-refractivity contribution < 1.29 is 9.21 Å². The predicted molar refractivity (Wildman–Crippen MR) is 99.1 cm³/mol. The molecule has 0 atom stereocenters. The van der Waals surface area contributed by atoms with Gasteiger partial charge in [-0.05, 0) is 42.3 Å². The lowest BCUT2D eigenvalue weighted by Crippen LogP contribution is -2.13. The SMILES string of the molecule is Cc1cccc(NC(=O)CSc2nnc(Cc3ccc(Cl)cc3)o2)c1. The summed E-state index contributed by atoms with van der Waals surface area (Å²) in [5, 5.41) is 11.9. The van der Waals surface area contributed by atoms with Gasteiger partial charge in [0.1, 0.15) is 0 Å². The van der Waals surface area contributed by atoms with Crippen molar-refractivity contribution in [3.8, 4) is 0 Å². The van der Waals surface area contributed by atoms with Crippen molar-refractivity contribution in [1.82, 2.24) is 10.2 Å². The minimum Gasteiger partial charge on any atom is -0.416 e. The molecule has 1 N–H and O–H groups in total. The fourth-order valence-corrected chi connectivity index (χ4v) is 2.90. The second-order valence-corrected chi connectivity index (χ2v) is 6.83. The molecule has 7 heteroatoms. The van der Waals surface area contributed by atoms with E-state index in [0.29, 0.717) is 22.6 Å². The minimum atomic E-state index is -0.118. The molecule has 0 saturated carbocycles. The van der Waals surface area contributed by atoms with Gasteiger partial charge in [0, 0.05) is 10.7 Å². The molecule has 3 aromatic rings. The lowest BCUT2D eigenvalue weighted by atomic mass is 10.1. The largest absolute Gasteiger partial charge is 0.416 e. The molecule has 0 unspecified atom stereocenters. The van der Waals surface area contributed by atoms with E-state index in [1.807, 2.05) is 55.5 Å². The third kappa shape index (κ3) is 5.34.